The highest BCUT2D eigenvalue weighted by Crippen LogP contribution is 2.26. The lowest BCUT2D eigenvalue weighted by molar-refractivity contribution is -0.147. The van der Waals surface area contributed by atoms with Gasteiger partial charge in [-0.25, -0.2) is 4.98 Å². The molecule has 0 saturated carbocycles. The lowest BCUT2D eigenvalue weighted by Gasteiger charge is -2.34. The van der Waals surface area contributed by atoms with Crippen LogP contribution in [0.5, 0.6) is 5.75 Å². The molecule has 0 spiro atoms. The lowest BCUT2D eigenvalue weighted by atomic mass is 10.0. The molecule has 8 heteroatoms. The summed E-state index contributed by atoms with van der Waals surface area (Å²) in [6, 6.07) is 13.8. The van der Waals surface area contributed by atoms with E-state index in [4.69, 9.17) is 0 Å². The number of hydrogen-bond donors (Lipinski definition) is 3. The Morgan fingerprint density at radius 2 is 1.97 bits per heavy atom. The molecule has 2 amide bonds. The summed E-state index contributed by atoms with van der Waals surface area (Å²) in [5.41, 5.74) is 1.89. The molecular formula is C22H22N4O3S. The molecule has 0 radical (unpaired) electrons. The van der Waals surface area contributed by atoms with Crippen molar-refractivity contribution in [2.45, 2.75) is 37.5 Å². The highest BCUT2D eigenvalue weighted by Gasteiger charge is 2.46. The Morgan fingerprint density at radius 3 is 2.77 bits per heavy atom. The van der Waals surface area contributed by atoms with Gasteiger partial charge in [-0.15, -0.1) is 11.3 Å². The summed E-state index contributed by atoms with van der Waals surface area (Å²) < 4.78 is 1.16. The van der Waals surface area contributed by atoms with Gasteiger partial charge in [-0.1, -0.05) is 24.3 Å². The smallest absolute Gasteiger partial charge is 0.246 e. The first-order valence-electron chi connectivity index (χ1n) is 10.0. The van der Waals surface area contributed by atoms with E-state index < -0.39 is 12.1 Å². The van der Waals surface area contributed by atoms with Crippen molar-refractivity contribution in [3.8, 4) is 5.75 Å². The molecule has 2 saturated heterocycles. The average Bonchev–Trinajstić information content (AvgIpc) is 3.36. The van der Waals surface area contributed by atoms with Gasteiger partial charge in [0.1, 0.15) is 22.8 Å². The van der Waals surface area contributed by atoms with Crippen molar-refractivity contribution in [1.29, 1.82) is 0 Å². The third kappa shape index (κ3) is 3.64. The molecule has 2 aromatic carbocycles. The SMILES string of the molecule is O=C1N[C@@H](Cc2ccc(O)cc2)C(=O)N2C[C@@H](NCc3nc4ccccc4s3)C[C@@H]12. The number of thiazole rings is 1. The van der Waals surface area contributed by atoms with Crippen molar-refractivity contribution in [2.24, 2.45) is 0 Å². The number of para-hydroxylation sites is 1. The third-order valence-corrected chi connectivity index (χ3v) is 6.79. The second kappa shape index (κ2) is 7.70. The molecular weight excluding hydrogens is 400 g/mol. The summed E-state index contributed by atoms with van der Waals surface area (Å²) in [4.78, 5) is 32.0. The van der Waals surface area contributed by atoms with E-state index in [0.717, 1.165) is 20.8 Å². The van der Waals surface area contributed by atoms with Gasteiger partial charge in [0.25, 0.3) is 0 Å². The fourth-order valence-corrected chi connectivity index (χ4v) is 5.16. The predicted octanol–water partition coefficient (Wildman–Crippen LogP) is 1.80. The predicted molar refractivity (Wildman–Crippen MR) is 114 cm³/mol. The number of fused-ring (bicyclic) bond motifs is 2. The Labute approximate surface area is 177 Å². The van der Waals surface area contributed by atoms with Gasteiger partial charge in [-0.05, 0) is 36.2 Å². The maximum Gasteiger partial charge on any atom is 0.246 e. The second-order valence-corrected chi connectivity index (χ2v) is 8.94. The van der Waals surface area contributed by atoms with Crippen molar-refractivity contribution < 1.29 is 14.7 Å². The Bertz CT molecular complexity index is 1060. The summed E-state index contributed by atoms with van der Waals surface area (Å²) in [7, 11) is 0. The Balaban J connectivity index is 1.23. The molecule has 0 unspecified atom stereocenters. The number of piperazine rings is 1. The van der Waals surface area contributed by atoms with Gasteiger partial charge < -0.3 is 20.6 Å². The second-order valence-electron chi connectivity index (χ2n) is 7.83. The molecule has 3 atom stereocenters. The van der Waals surface area contributed by atoms with E-state index in [-0.39, 0.29) is 23.6 Å². The average molecular weight is 423 g/mol. The monoisotopic (exact) mass is 422 g/mol. The number of nitrogens with one attached hydrogen (secondary N) is 2. The van der Waals surface area contributed by atoms with Crippen molar-refractivity contribution in [1.82, 2.24) is 20.5 Å². The van der Waals surface area contributed by atoms with Crippen LogP contribution in [0.2, 0.25) is 0 Å². The van der Waals surface area contributed by atoms with E-state index in [1.807, 2.05) is 18.2 Å². The number of aromatic hydroxyl groups is 1. The van der Waals surface area contributed by atoms with E-state index in [2.05, 4.69) is 21.7 Å². The van der Waals surface area contributed by atoms with E-state index in [1.165, 1.54) is 0 Å². The first kappa shape index (κ1) is 19.0. The first-order chi connectivity index (χ1) is 14.6. The van der Waals surface area contributed by atoms with E-state index in [0.29, 0.717) is 25.9 Å². The molecule has 2 fully saturated rings. The zero-order valence-corrected chi connectivity index (χ0v) is 17.1. The maximum absolute atomic E-state index is 13.0. The van der Waals surface area contributed by atoms with Crippen LogP contribution in [0, 0.1) is 0 Å². The molecule has 3 N–H and O–H groups in total. The van der Waals surface area contributed by atoms with Crippen molar-refractivity contribution >= 4 is 33.4 Å². The van der Waals surface area contributed by atoms with Gasteiger partial charge in [0.05, 0.1) is 10.2 Å². The van der Waals surface area contributed by atoms with Crippen molar-refractivity contribution in [2.75, 3.05) is 6.54 Å². The van der Waals surface area contributed by atoms with Gasteiger partial charge >= 0.3 is 0 Å². The standard InChI is InChI=1S/C22H22N4O3S/c27-15-7-5-13(6-8-15)9-17-22(29)26-12-14(10-18(26)21(28)25-17)23-11-20-24-16-3-1-2-4-19(16)30-20/h1-8,14,17-18,23,27H,9-12H2,(H,25,28)/t14-,17-,18-/m0/s1. The molecule has 154 valence electrons. The largest absolute Gasteiger partial charge is 0.508 e. The molecule has 1 aromatic heterocycles. The van der Waals surface area contributed by atoms with Crippen LogP contribution < -0.4 is 10.6 Å². The molecule has 2 aliphatic heterocycles. The summed E-state index contributed by atoms with van der Waals surface area (Å²) in [6.07, 6.45) is 1.02. The minimum atomic E-state index is -0.568. The maximum atomic E-state index is 13.0. The van der Waals surface area contributed by atoms with Crippen LogP contribution in [0.4, 0.5) is 0 Å². The molecule has 0 bridgehead atoms. The number of rotatable bonds is 5. The summed E-state index contributed by atoms with van der Waals surface area (Å²) in [6.45, 7) is 1.14. The number of phenolic OH excluding ortho intramolecular Hbond substituents is 1. The highest BCUT2D eigenvalue weighted by atomic mass is 32.1. The number of carbonyl (C=O) groups excluding carboxylic acids is 2. The number of nitrogens with zero attached hydrogens (tertiary/aromatic N) is 2. The first-order valence-corrected chi connectivity index (χ1v) is 10.8. The zero-order chi connectivity index (χ0) is 20.7. The summed E-state index contributed by atoms with van der Waals surface area (Å²) in [5.74, 6) is 0.0408. The van der Waals surface area contributed by atoms with Crippen LogP contribution in [0.3, 0.4) is 0 Å². The number of amides is 2. The van der Waals surface area contributed by atoms with Gasteiger partial charge in [-0.2, -0.15) is 0 Å². The fraction of sp³-hybridized carbons (Fsp3) is 0.318. The Hall–Kier alpha value is -2.97. The summed E-state index contributed by atoms with van der Waals surface area (Å²) >= 11 is 1.66. The molecule has 0 aliphatic carbocycles. The van der Waals surface area contributed by atoms with E-state index >= 15 is 0 Å². The minimum Gasteiger partial charge on any atom is -0.508 e. The van der Waals surface area contributed by atoms with Crippen LogP contribution in [0.15, 0.2) is 48.5 Å². The Morgan fingerprint density at radius 1 is 1.17 bits per heavy atom. The van der Waals surface area contributed by atoms with Gasteiger partial charge in [0.15, 0.2) is 0 Å². The van der Waals surface area contributed by atoms with E-state index in [1.54, 1.807) is 40.5 Å². The number of phenols is 1. The molecule has 7 nitrogen and oxygen atoms in total. The summed E-state index contributed by atoms with van der Waals surface area (Å²) in [5, 5.41) is 16.8. The normalized spacial score (nSPS) is 23.6. The van der Waals surface area contributed by atoms with Gasteiger partial charge in [0, 0.05) is 25.6 Å². The number of benzene rings is 2. The lowest BCUT2D eigenvalue weighted by Crippen LogP contribution is -2.61. The number of hydrogen-bond acceptors (Lipinski definition) is 6. The molecule has 3 aromatic rings. The number of aromatic nitrogens is 1. The van der Waals surface area contributed by atoms with Crippen molar-refractivity contribution in [3.63, 3.8) is 0 Å². The zero-order valence-electron chi connectivity index (χ0n) is 16.2. The topological polar surface area (TPSA) is 94.6 Å². The van der Waals surface area contributed by atoms with Gasteiger partial charge in [0.2, 0.25) is 11.8 Å². The van der Waals surface area contributed by atoms with Crippen LogP contribution in [0.25, 0.3) is 10.2 Å². The molecule has 5 rings (SSSR count). The van der Waals surface area contributed by atoms with Crippen LogP contribution in [-0.4, -0.2) is 51.5 Å². The quantitative estimate of drug-likeness (QED) is 0.583. The fourth-order valence-electron chi connectivity index (χ4n) is 4.24. The van der Waals surface area contributed by atoms with E-state index in [9.17, 15) is 14.7 Å². The van der Waals surface area contributed by atoms with Crippen molar-refractivity contribution in [3.05, 3.63) is 59.1 Å². The third-order valence-electron chi connectivity index (χ3n) is 5.76. The molecule has 2 aliphatic rings. The van der Waals surface area contributed by atoms with Crippen LogP contribution >= 0.6 is 11.3 Å². The Kier molecular flexibility index (Phi) is 4.88. The van der Waals surface area contributed by atoms with Crippen LogP contribution in [0.1, 0.15) is 17.0 Å². The molecule has 30 heavy (non-hydrogen) atoms. The minimum absolute atomic E-state index is 0.0445. The van der Waals surface area contributed by atoms with Crippen LogP contribution in [-0.2, 0) is 22.6 Å². The number of carbonyl (C=O) groups is 2. The highest BCUT2D eigenvalue weighted by molar-refractivity contribution is 7.18. The molecule has 3 heterocycles. The van der Waals surface area contributed by atoms with Gasteiger partial charge in [-0.3, -0.25) is 9.59 Å².